The zero-order chi connectivity index (χ0) is 19.4. The van der Waals surface area contributed by atoms with Crippen LogP contribution in [0.15, 0.2) is 90.0 Å². The molecule has 1 aliphatic rings. The lowest BCUT2D eigenvalue weighted by molar-refractivity contribution is -0.122. The first-order valence-electron chi connectivity index (χ1n) is 9.32. The molecule has 1 fully saturated rings. The minimum Gasteiger partial charge on any atom is -0.497 e. The van der Waals surface area contributed by atoms with Crippen LogP contribution in [0, 0.1) is 5.92 Å². The summed E-state index contributed by atoms with van der Waals surface area (Å²) in [6, 6.07) is 28.0. The Morgan fingerprint density at radius 3 is 2.07 bits per heavy atom. The van der Waals surface area contributed by atoms with E-state index in [0.29, 0.717) is 0 Å². The molecule has 0 spiro atoms. The standard InChI is InChI=1S/C24H22N2O2/c1-28-21-14-12-18(13-15-21)17-25-26-23(27)22-16-24(22,19-8-4-2-5-9-19)20-10-6-3-7-11-20/h2-15,17,22H,16H2,1H3,(H,26,27)/b25-17+. The third-order valence-electron chi connectivity index (χ3n) is 5.36. The van der Waals surface area contributed by atoms with Crippen LogP contribution in [0.1, 0.15) is 23.1 Å². The van der Waals surface area contributed by atoms with Crippen molar-refractivity contribution in [3.63, 3.8) is 0 Å². The fraction of sp³-hybridized carbons (Fsp3) is 0.167. The van der Waals surface area contributed by atoms with E-state index in [-0.39, 0.29) is 17.2 Å². The zero-order valence-electron chi connectivity index (χ0n) is 15.7. The summed E-state index contributed by atoms with van der Waals surface area (Å²) < 4.78 is 5.14. The average molecular weight is 370 g/mol. The number of hydrazone groups is 1. The van der Waals surface area contributed by atoms with Crippen molar-refractivity contribution in [2.75, 3.05) is 7.11 Å². The fourth-order valence-electron chi connectivity index (χ4n) is 3.79. The van der Waals surface area contributed by atoms with Gasteiger partial charge in [0.05, 0.1) is 19.2 Å². The summed E-state index contributed by atoms with van der Waals surface area (Å²) in [7, 11) is 1.63. The molecule has 1 saturated carbocycles. The smallest absolute Gasteiger partial charge is 0.244 e. The Kier molecular flexibility index (Phi) is 4.94. The van der Waals surface area contributed by atoms with Crippen molar-refractivity contribution in [2.24, 2.45) is 11.0 Å². The number of nitrogens with zero attached hydrogens (tertiary/aromatic N) is 1. The van der Waals surface area contributed by atoms with Gasteiger partial charge in [-0.3, -0.25) is 4.79 Å². The molecule has 0 radical (unpaired) electrons. The van der Waals surface area contributed by atoms with Crippen molar-refractivity contribution in [2.45, 2.75) is 11.8 Å². The lowest BCUT2D eigenvalue weighted by Gasteiger charge is -2.18. The number of hydrogen-bond donors (Lipinski definition) is 1. The van der Waals surface area contributed by atoms with Gasteiger partial charge in [-0.05, 0) is 47.4 Å². The van der Waals surface area contributed by atoms with E-state index < -0.39 is 0 Å². The number of carbonyl (C=O) groups is 1. The molecule has 1 amide bonds. The predicted octanol–water partition coefficient (Wildman–Crippen LogP) is 4.15. The zero-order valence-corrected chi connectivity index (χ0v) is 15.7. The van der Waals surface area contributed by atoms with E-state index in [1.165, 1.54) is 11.1 Å². The van der Waals surface area contributed by atoms with Crippen LogP contribution < -0.4 is 10.2 Å². The van der Waals surface area contributed by atoms with Crippen molar-refractivity contribution in [3.05, 3.63) is 102 Å². The molecule has 140 valence electrons. The maximum Gasteiger partial charge on any atom is 0.244 e. The minimum atomic E-state index is -0.276. The number of methoxy groups -OCH3 is 1. The summed E-state index contributed by atoms with van der Waals surface area (Å²) >= 11 is 0. The average Bonchev–Trinajstić information content (AvgIpc) is 3.53. The molecule has 28 heavy (non-hydrogen) atoms. The number of carbonyl (C=O) groups excluding carboxylic acids is 1. The Morgan fingerprint density at radius 1 is 0.964 bits per heavy atom. The van der Waals surface area contributed by atoms with Crippen molar-refractivity contribution < 1.29 is 9.53 Å². The van der Waals surface area contributed by atoms with E-state index >= 15 is 0 Å². The van der Waals surface area contributed by atoms with Crippen molar-refractivity contribution >= 4 is 12.1 Å². The molecule has 0 aliphatic heterocycles. The highest BCUT2D eigenvalue weighted by atomic mass is 16.5. The van der Waals surface area contributed by atoms with E-state index in [2.05, 4.69) is 34.8 Å². The molecule has 4 heteroatoms. The molecule has 3 aromatic carbocycles. The minimum absolute atomic E-state index is 0.0579. The van der Waals surface area contributed by atoms with Crippen LogP contribution in [-0.2, 0) is 10.2 Å². The molecule has 0 heterocycles. The van der Waals surface area contributed by atoms with Gasteiger partial charge in [0.25, 0.3) is 0 Å². The quantitative estimate of drug-likeness (QED) is 0.523. The molecule has 4 rings (SSSR count). The largest absolute Gasteiger partial charge is 0.497 e. The lowest BCUT2D eigenvalue weighted by Crippen LogP contribution is -2.25. The highest BCUT2D eigenvalue weighted by molar-refractivity contribution is 5.87. The van der Waals surface area contributed by atoms with Gasteiger partial charge in [-0.15, -0.1) is 0 Å². The first-order chi connectivity index (χ1) is 13.7. The van der Waals surface area contributed by atoms with E-state index in [1.54, 1.807) is 13.3 Å². The Balaban J connectivity index is 1.50. The molecular weight excluding hydrogens is 348 g/mol. The van der Waals surface area contributed by atoms with Crippen LogP contribution in [0.5, 0.6) is 5.75 Å². The van der Waals surface area contributed by atoms with Gasteiger partial charge < -0.3 is 4.74 Å². The first-order valence-corrected chi connectivity index (χ1v) is 9.32. The third kappa shape index (κ3) is 3.41. The number of ether oxygens (including phenoxy) is 1. The van der Waals surface area contributed by atoms with Crippen LogP contribution in [-0.4, -0.2) is 19.2 Å². The normalized spacial score (nSPS) is 17.2. The number of amides is 1. The first kappa shape index (κ1) is 18.0. The maximum atomic E-state index is 12.8. The summed E-state index contributed by atoms with van der Waals surface area (Å²) in [5, 5.41) is 4.15. The van der Waals surface area contributed by atoms with E-state index in [1.807, 2.05) is 60.7 Å². The monoisotopic (exact) mass is 370 g/mol. The molecule has 3 aromatic rings. The number of hydrogen-bond acceptors (Lipinski definition) is 3. The van der Waals surface area contributed by atoms with E-state index in [0.717, 1.165) is 17.7 Å². The van der Waals surface area contributed by atoms with Gasteiger partial charge in [0.15, 0.2) is 0 Å². The second-order valence-electron chi connectivity index (χ2n) is 6.97. The Hall–Kier alpha value is -3.40. The van der Waals surface area contributed by atoms with Gasteiger partial charge in [0.1, 0.15) is 5.75 Å². The van der Waals surface area contributed by atoms with Crippen LogP contribution >= 0.6 is 0 Å². The van der Waals surface area contributed by atoms with Gasteiger partial charge in [0.2, 0.25) is 5.91 Å². The highest BCUT2D eigenvalue weighted by Crippen LogP contribution is 2.58. The van der Waals surface area contributed by atoms with Gasteiger partial charge in [-0.25, -0.2) is 5.43 Å². The van der Waals surface area contributed by atoms with Crippen molar-refractivity contribution in [1.29, 1.82) is 0 Å². The van der Waals surface area contributed by atoms with Gasteiger partial charge in [-0.2, -0.15) is 5.10 Å². The molecule has 1 unspecified atom stereocenters. The Morgan fingerprint density at radius 2 is 1.54 bits per heavy atom. The molecule has 0 saturated heterocycles. The van der Waals surface area contributed by atoms with E-state index in [4.69, 9.17) is 4.74 Å². The number of benzene rings is 3. The number of rotatable bonds is 6. The molecule has 4 nitrogen and oxygen atoms in total. The second kappa shape index (κ2) is 7.69. The Labute approximate surface area is 164 Å². The molecule has 0 bridgehead atoms. The third-order valence-corrected chi connectivity index (χ3v) is 5.36. The summed E-state index contributed by atoms with van der Waals surface area (Å²) in [5.74, 6) is 0.595. The second-order valence-corrected chi connectivity index (χ2v) is 6.97. The SMILES string of the molecule is COc1ccc(/C=N/NC(=O)C2CC2(c2ccccc2)c2ccccc2)cc1. The maximum absolute atomic E-state index is 12.8. The van der Waals surface area contributed by atoms with Crippen LogP contribution in [0.2, 0.25) is 0 Å². The molecular formula is C24H22N2O2. The molecule has 1 atom stereocenters. The topological polar surface area (TPSA) is 50.7 Å². The van der Waals surface area contributed by atoms with Crippen molar-refractivity contribution in [1.82, 2.24) is 5.43 Å². The molecule has 1 N–H and O–H groups in total. The predicted molar refractivity (Wildman–Crippen MR) is 111 cm³/mol. The van der Waals surface area contributed by atoms with Gasteiger partial charge in [-0.1, -0.05) is 60.7 Å². The molecule has 0 aromatic heterocycles. The van der Waals surface area contributed by atoms with E-state index in [9.17, 15) is 4.79 Å². The van der Waals surface area contributed by atoms with Gasteiger partial charge in [0, 0.05) is 5.41 Å². The summed E-state index contributed by atoms with van der Waals surface area (Å²) in [6.45, 7) is 0. The van der Waals surface area contributed by atoms with Gasteiger partial charge >= 0.3 is 0 Å². The molecule has 1 aliphatic carbocycles. The fourth-order valence-corrected chi connectivity index (χ4v) is 3.79. The van der Waals surface area contributed by atoms with Crippen LogP contribution in [0.25, 0.3) is 0 Å². The lowest BCUT2D eigenvalue weighted by atomic mass is 9.85. The Bertz CT molecular complexity index is 927. The van der Waals surface area contributed by atoms with Crippen molar-refractivity contribution in [3.8, 4) is 5.75 Å². The summed E-state index contributed by atoms with van der Waals surface area (Å²) in [6.07, 6.45) is 2.43. The summed E-state index contributed by atoms with van der Waals surface area (Å²) in [5.41, 5.74) is 5.67. The summed E-state index contributed by atoms with van der Waals surface area (Å²) in [4.78, 5) is 12.8. The number of nitrogens with one attached hydrogen (secondary N) is 1. The van der Waals surface area contributed by atoms with Crippen LogP contribution in [0.4, 0.5) is 0 Å². The van der Waals surface area contributed by atoms with Crippen LogP contribution in [0.3, 0.4) is 0 Å². The highest BCUT2D eigenvalue weighted by Gasteiger charge is 2.60.